The largest absolute Gasteiger partial charge is 0.497 e. The predicted molar refractivity (Wildman–Crippen MR) is 120 cm³/mol. The third kappa shape index (κ3) is 6.07. The molecular weight excluding hydrogens is 418 g/mol. The number of unbranched alkanes of at least 4 members (excludes halogenated alkanes) is 5. The number of carboxylic acids is 1. The topological polar surface area (TPSA) is 101 Å². The highest BCUT2D eigenvalue weighted by Gasteiger charge is 2.30. The SMILES string of the molecule is CCCCCCCCN(c1c(C=O)cccc1C(=O)O)S(=O)(=O)c1ccc(OC)cc1. The van der Waals surface area contributed by atoms with Crippen LogP contribution in [0.5, 0.6) is 5.75 Å². The number of carboxylic acid groups (broad SMARTS) is 1. The molecule has 0 bridgehead atoms. The van der Waals surface area contributed by atoms with Gasteiger partial charge in [0.25, 0.3) is 10.0 Å². The molecule has 0 fully saturated rings. The second-order valence-corrected chi connectivity index (χ2v) is 9.05. The van der Waals surface area contributed by atoms with Crippen molar-refractivity contribution in [2.75, 3.05) is 18.0 Å². The lowest BCUT2D eigenvalue weighted by atomic mass is 10.1. The van der Waals surface area contributed by atoms with E-state index in [-0.39, 0.29) is 28.3 Å². The molecule has 0 atom stereocenters. The van der Waals surface area contributed by atoms with Crippen LogP contribution in [-0.2, 0) is 10.0 Å². The standard InChI is InChI=1S/C23H29NO6S/c1-3-4-5-6-7-8-16-24(22-18(17-25)10-9-11-21(22)23(26)27)31(28,29)20-14-12-19(30-2)13-15-20/h9-15,17H,3-8,16H2,1-2H3,(H,26,27). The number of hydrogen-bond acceptors (Lipinski definition) is 5. The van der Waals surface area contributed by atoms with E-state index in [1.54, 1.807) is 0 Å². The Balaban J connectivity index is 2.48. The van der Waals surface area contributed by atoms with Crippen LogP contribution in [0.25, 0.3) is 0 Å². The number of hydrogen-bond donors (Lipinski definition) is 1. The average molecular weight is 448 g/mol. The first-order valence-electron chi connectivity index (χ1n) is 10.3. The van der Waals surface area contributed by atoms with E-state index in [0.29, 0.717) is 18.5 Å². The monoisotopic (exact) mass is 447 g/mol. The maximum Gasteiger partial charge on any atom is 0.337 e. The number of aldehydes is 1. The Hall–Kier alpha value is -2.87. The van der Waals surface area contributed by atoms with Gasteiger partial charge in [-0.2, -0.15) is 0 Å². The number of nitrogens with zero attached hydrogens (tertiary/aromatic N) is 1. The normalized spacial score (nSPS) is 11.2. The first kappa shape index (κ1) is 24.4. The van der Waals surface area contributed by atoms with Crippen molar-refractivity contribution in [1.29, 1.82) is 0 Å². The molecule has 1 N–H and O–H groups in total. The Morgan fingerprint density at radius 3 is 2.26 bits per heavy atom. The molecule has 168 valence electrons. The van der Waals surface area contributed by atoms with Crippen molar-refractivity contribution in [3.05, 3.63) is 53.6 Å². The molecule has 0 aliphatic heterocycles. The fourth-order valence-electron chi connectivity index (χ4n) is 3.37. The second kappa shape index (κ2) is 11.5. The number of ether oxygens (including phenoxy) is 1. The summed E-state index contributed by atoms with van der Waals surface area (Å²) in [6, 6.07) is 10.0. The molecule has 0 saturated carbocycles. The van der Waals surface area contributed by atoms with Crippen molar-refractivity contribution in [3.63, 3.8) is 0 Å². The smallest absolute Gasteiger partial charge is 0.337 e. The molecule has 0 heterocycles. The summed E-state index contributed by atoms with van der Waals surface area (Å²) in [4.78, 5) is 23.5. The summed E-state index contributed by atoms with van der Waals surface area (Å²) in [5.41, 5.74) is -0.315. The summed E-state index contributed by atoms with van der Waals surface area (Å²) in [5, 5.41) is 9.65. The molecule has 0 spiro atoms. The summed E-state index contributed by atoms with van der Waals surface area (Å²) in [6.45, 7) is 2.19. The van der Waals surface area contributed by atoms with Gasteiger partial charge in [-0.3, -0.25) is 9.10 Å². The minimum atomic E-state index is -4.11. The number of carbonyl (C=O) groups excluding carboxylic acids is 1. The first-order valence-corrected chi connectivity index (χ1v) is 11.8. The molecule has 2 rings (SSSR count). The number of sulfonamides is 1. The van der Waals surface area contributed by atoms with Gasteiger partial charge in [0.05, 0.1) is 23.3 Å². The van der Waals surface area contributed by atoms with Gasteiger partial charge in [0.15, 0.2) is 6.29 Å². The maximum absolute atomic E-state index is 13.5. The van der Waals surface area contributed by atoms with Gasteiger partial charge in [-0.05, 0) is 42.8 Å². The average Bonchev–Trinajstić information content (AvgIpc) is 2.78. The van der Waals surface area contributed by atoms with Crippen LogP contribution in [0, 0.1) is 0 Å². The number of aromatic carboxylic acids is 1. The van der Waals surface area contributed by atoms with Gasteiger partial charge in [-0.25, -0.2) is 13.2 Å². The first-order chi connectivity index (χ1) is 14.9. The second-order valence-electron chi connectivity index (χ2n) is 7.19. The van der Waals surface area contributed by atoms with Gasteiger partial charge >= 0.3 is 5.97 Å². The van der Waals surface area contributed by atoms with Gasteiger partial charge in [0.2, 0.25) is 0 Å². The Kier molecular flexibility index (Phi) is 9.05. The van der Waals surface area contributed by atoms with Crippen LogP contribution in [0.4, 0.5) is 5.69 Å². The molecule has 31 heavy (non-hydrogen) atoms. The van der Waals surface area contributed by atoms with Crippen LogP contribution in [0.2, 0.25) is 0 Å². The Bertz CT molecular complexity index is 986. The van der Waals surface area contributed by atoms with Crippen molar-refractivity contribution in [3.8, 4) is 5.75 Å². The van der Waals surface area contributed by atoms with E-state index in [2.05, 4.69) is 6.92 Å². The van der Waals surface area contributed by atoms with Crippen LogP contribution in [0.1, 0.15) is 66.2 Å². The molecule has 8 heteroatoms. The van der Waals surface area contributed by atoms with Crippen molar-refractivity contribution in [1.82, 2.24) is 0 Å². The zero-order valence-electron chi connectivity index (χ0n) is 17.9. The number of benzene rings is 2. The van der Waals surface area contributed by atoms with E-state index in [0.717, 1.165) is 36.4 Å². The summed E-state index contributed by atoms with van der Waals surface area (Å²) in [5.74, 6) is -0.794. The fourth-order valence-corrected chi connectivity index (χ4v) is 4.92. The van der Waals surface area contributed by atoms with Crippen LogP contribution < -0.4 is 9.04 Å². The minimum Gasteiger partial charge on any atom is -0.497 e. The maximum atomic E-state index is 13.5. The molecule has 0 amide bonds. The highest BCUT2D eigenvalue weighted by atomic mass is 32.2. The van der Waals surface area contributed by atoms with Crippen LogP contribution in [0.15, 0.2) is 47.4 Å². The number of para-hydroxylation sites is 1. The molecule has 7 nitrogen and oxygen atoms in total. The highest BCUT2D eigenvalue weighted by molar-refractivity contribution is 7.92. The fraction of sp³-hybridized carbons (Fsp3) is 0.391. The lowest BCUT2D eigenvalue weighted by molar-refractivity contribution is 0.0697. The summed E-state index contributed by atoms with van der Waals surface area (Å²) >= 11 is 0. The quantitative estimate of drug-likeness (QED) is 0.351. The van der Waals surface area contributed by atoms with E-state index in [1.165, 1.54) is 49.6 Å². The zero-order chi connectivity index (χ0) is 22.9. The molecule has 2 aromatic rings. The molecule has 0 unspecified atom stereocenters. The van der Waals surface area contributed by atoms with E-state index in [9.17, 15) is 23.1 Å². The molecule has 0 aliphatic rings. The third-order valence-corrected chi connectivity index (χ3v) is 6.85. The lowest BCUT2D eigenvalue weighted by Gasteiger charge is -2.27. The number of rotatable bonds is 13. The predicted octanol–water partition coefficient (Wildman–Crippen LogP) is 4.76. The van der Waals surface area contributed by atoms with E-state index in [1.807, 2.05) is 0 Å². The van der Waals surface area contributed by atoms with E-state index in [4.69, 9.17) is 4.74 Å². The summed E-state index contributed by atoms with van der Waals surface area (Å²) in [7, 11) is -2.63. The molecular formula is C23H29NO6S. The minimum absolute atomic E-state index is 0.00340. The Labute approximate surface area is 183 Å². The van der Waals surface area contributed by atoms with Crippen LogP contribution in [-0.4, -0.2) is 39.4 Å². The summed E-state index contributed by atoms with van der Waals surface area (Å²) in [6.07, 6.45) is 6.08. The molecule has 0 saturated heterocycles. The molecule has 0 aromatic heterocycles. The number of anilines is 1. The van der Waals surface area contributed by atoms with Crippen molar-refractivity contribution < 1.29 is 27.9 Å². The Morgan fingerprint density at radius 2 is 1.68 bits per heavy atom. The highest BCUT2D eigenvalue weighted by Crippen LogP contribution is 2.31. The molecule has 0 aliphatic carbocycles. The van der Waals surface area contributed by atoms with E-state index < -0.39 is 16.0 Å². The van der Waals surface area contributed by atoms with Gasteiger partial charge in [-0.15, -0.1) is 0 Å². The van der Waals surface area contributed by atoms with Gasteiger partial charge < -0.3 is 9.84 Å². The third-order valence-electron chi connectivity index (χ3n) is 5.04. The number of methoxy groups -OCH3 is 1. The molecule has 0 radical (unpaired) electrons. The molecule has 2 aromatic carbocycles. The van der Waals surface area contributed by atoms with E-state index >= 15 is 0 Å². The van der Waals surface area contributed by atoms with Crippen LogP contribution in [0.3, 0.4) is 0 Å². The number of carbonyl (C=O) groups is 2. The Morgan fingerprint density at radius 1 is 1.03 bits per heavy atom. The summed E-state index contributed by atoms with van der Waals surface area (Å²) < 4.78 is 33.2. The van der Waals surface area contributed by atoms with Crippen LogP contribution >= 0.6 is 0 Å². The van der Waals surface area contributed by atoms with Gasteiger partial charge in [0.1, 0.15) is 5.75 Å². The van der Waals surface area contributed by atoms with Gasteiger partial charge in [-0.1, -0.05) is 45.1 Å². The van der Waals surface area contributed by atoms with Crippen molar-refractivity contribution in [2.45, 2.75) is 50.3 Å². The van der Waals surface area contributed by atoms with Crippen molar-refractivity contribution >= 4 is 28.0 Å². The lowest BCUT2D eigenvalue weighted by Crippen LogP contribution is -2.34. The van der Waals surface area contributed by atoms with Crippen molar-refractivity contribution in [2.24, 2.45) is 0 Å². The zero-order valence-corrected chi connectivity index (χ0v) is 18.7. The van der Waals surface area contributed by atoms with Gasteiger partial charge in [0, 0.05) is 12.1 Å².